The van der Waals surface area contributed by atoms with Crippen LogP contribution in [0.15, 0.2) is 54.6 Å². The molecule has 2 amide bonds. The van der Waals surface area contributed by atoms with Crippen LogP contribution in [0.4, 0.5) is 16.2 Å². The Labute approximate surface area is 186 Å². The number of ketones is 1. The summed E-state index contributed by atoms with van der Waals surface area (Å²) >= 11 is 0. The fourth-order valence-electron chi connectivity index (χ4n) is 4.60. The zero-order chi connectivity index (χ0) is 22.8. The Bertz CT molecular complexity index is 1200. The number of urea groups is 1. The predicted octanol–water partition coefficient (Wildman–Crippen LogP) is 5.78. The minimum atomic E-state index is -0.941. The molecule has 1 fully saturated rings. The van der Waals surface area contributed by atoms with E-state index in [2.05, 4.69) is 10.6 Å². The molecule has 6 nitrogen and oxygen atoms in total. The Balaban J connectivity index is 1.69. The number of hydrogen-bond donors (Lipinski definition) is 3. The number of hydrogen-bond acceptors (Lipinski definition) is 3. The minimum Gasteiger partial charge on any atom is -0.481 e. The molecule has 0 heterocycles. The van der Waals surface area contributed by atoms with Gasteiger partial charge in [0.05, 0.1) is 11.6 Å². The van der Waals surface area contributed by atoms with Gasteiger partial charge in [-0.15, -0.1) is 0 Å². The molecular formula is C26H26N2O4. The molecule has 3 aromatic carbocycles. The van der Waals surface area contributed by atoms with E-state index in [4.69, 9.17) is 0 Å². The van der Waals surface area contributed by atoms with Crippen molar-refractivity contribution in [2.24, 2.45) is 11.8 Å². The first-order valence-corrected chi connectivity index (χ1v) is 10.8. The summed E-state index contributed by atoms with van der Waals surface area (Å²) in [6, 6.07) is 16.4. The summed E-state index contributed by atoms with van der Waals surface area (Å²) in [5.41, 5.74) is 3.32. The van der Waals surface area contributed by atoms with Gasteiger partial charge >= 0.3 is 12.0 Å². The molecule has 2 atom stereocenters. The lowest BCUT2D eigenvalue weighted by Gasteiger charge is -2.19. The predicted molar refractivity (Wildman–Crippen MR) is 125 cm³/mol. The van der Waals surface area contributed by atoms with Crippen LogP contribution in [0.2, 0.25) is 0 Å². The Kier molecular flexibility index (Phi) is 5.95. The summed E-state index contributed by atoms with van der Waals surface area (Å²) in [6.07, 6.45) is 1.74. The maximum Gasteiger partial charge on any atom is 0.323 e. The van der Waals surface area contributed by atoms with Gasteiger partial charge in [-0.1, -0.05) is 48.9 Å². The van der Waals surface area contributed by atoms with Gasteiger partial charge in [0.25, 0.3) is 0 Å². The monoisotopic (exact) mass is 430 g/mol. The van der Waals surface area contributed by atoms with Crippen molar-refractivity contribution < 1.29 is 19.5 Å². The summed E-state index contributed by atoms with van der Waals surface area (Å²) < 4.78 is 0. The van der Waals surface area contributed by atoms with Crippen molar-refractivity contribution in [2.75, 3.05) is 10.6 Å². The van der Waals surface area contributed by atoms with Gasteiger partial charge in [-0.25, -0.2) is 4.79 Å². The molecule has 0 radical (unpaired) electrons. The maximum atomic E-state index is 13.4. The van der Waals surface area contributed by atoms with Crippen LogP contribution in [0.1, 0.15) is 40.7 Å². The van der Waals surface area contributed by atoms with E-state index in [0.29, 0.717) is 30.5 Å². The maximum absolute atomic E-state index is 13.4. The number of benzene rings is 3. The minimum absolute atomic E-state index is 0.233. The van der Waals surface area contributed by atoms with Crippen molar-refractivity contribution in [2.45, 2.75) is 33.1 Å². The van der Waals surface area contributed by atoms with Crippen LogP contribution in [0.25, 0.3) is 10.8 Å². The molecule has 6 heteroatoms. The van der Waals surface area contributed by atoms with Crippen LogP contribution in [0.3, 0.4) is 0 Å². The van der Waals surface area contributed by atoms with E-state index < -0.39 is 23.8 Å². The smallest absolute Gasteiger partial charge is 0.323 e. The van der Waals surface area contributed by atoms with Crippen LogP contribution in [-0.4, -0.2) is 22.9 Å². The summed E-state index contributed by atoms with van der Waals surface area (Å²) in [6.45, 7) is 3.83. The lowest BCUT2D eigenvalue weighted by molar-refractivity contribution is -0.142. The number of anilines is 2. The van der Waals surface area contributed by atoms with Gasteiger partial charge in [0, 0.05) is 17.2 Å². The van der Waals surface area contributed by atoms with E-state index in [-0.39, 0.29) is 5.78 Å². The standard InChI is InChI=1S/C26H26N2O4/c1-15-7-5-8-16(2)23(15)28-26(32)27-22-14-18-10-4-3-9-17(18)13-21(22)24(29)19-11-6-12-20(19)25(30)31/h3-5,7-10,13-14,19-20H,6,11-12H2,1-2H3,(H,30,31)(H2,27,28,32)/t19?,20-/m1/s1. The van der Waals surface area contributed by atoms with Crippen molar-refractivity contribution in [1.29, 1.82) is 0 Å². The first kappa shape index (κ1) is 21.6. The van der Waals surface area contributed by atoms with Gasteiger partial charge in [-0.05, 0) is 60.7 Å². The van der Waals surface area contributed by atoms with Gasteiger partial charge in [0.2, 0.25) is 0 Å². The van der Waals surface area contributed by atoms with Crippen molar-refractivity contribution in [3.05, 3.63) is 71.3 Å². The van der Waals surface area contributed by atoms with Crippen molar-refractivity contribution >= 4 is 39.9 Å². The molecule has 0 aliphatic heterocycles. The second-order valence-electron chi connectivity index (χ2n) is 8.44. The number of aryl methyl sites for hydroxylation is 2. The molecule has 3 N–H and O–H groups in total. The Morgan fingerprint density at radius 3 is 2.12 bits per heavy atom. The zero-order valence-electron chi connectivity index (χ0n) is 18.1. The second-order valence-corrected chi connectivity index (χ2v) is 8.44. The molecule has 1 saturated carbocycles. The molecule has 4 rings (SSSR count). The van der Waals surface area contributed by atoms with Crippen LogP contribution in [-0.2, 0) is 4.79 Å². The van der Waals surface area contributed by atoms with Crippen molar-refractivity contribution in [3.63, 3.8) is 0 Å². The third-order valence-corrected chi connectivity index (χ3v) is 6.29. The quantitative estimate of drug-likeness (QED) is 0.447. The molecule has 0 spiro atoms. The van der Waals surface area contributed by atoms with E-state index >= 15 is 0 Å². The van der Waals surface area contributed by atoms with Gasteiger partial charge in [-0.2, -0.15) is 0 Å². The first-order chi connectivity index (χ1) is 15.3. The first-order valence-electron chi connectivity index (χ1n) is 10.8. The SMILES string of the molecule is Cc1cccc(C)c1NC(=O)Nc1cc2ccccc2cc1C(=O)C1CCC[C@H]1C(=O)O. The van der Waals surface area contributed by atoms with E-state index in [1.165, 1.54) is 0 Å². The number of carboxylic acid groups (broad SMARTS) is 1. The molecule has 1 aliphatic rings. The largest absolute Gasteiger partial charge is 0.481 e. The normalized spacial score (nSPS) is 17.8. The number of para-hydroxylation sites is 1. The number of amides is 2. The highest BCUT2D eigenvalue weighted by atomic mass is 16.4. The van der Waals surface area contributed by atoms with Crippen molar-refractivity contribution in [3.8, 4) is 0 Å². The number of carbonyl (C=O) groups excluding carboxylic acids is 2. The Hall–Kier alpha value is -3.67. The van der Waals surface area contributed by atoms with Gasteiger partial charge < -0.3 is 15.7 Å². The number of fused-ring (bicyclic) bond motifs is 1. The lowest BCUT2D eigenvalue weighted by atomic mass is 9.87. The number of nitrogens with one attached hydrogen (secondary N) is 2. The number of carbonyl (C=O) groups is 3. The molecule has 0 aromatic heterocycles. The van der Waals surface area contributed by atoms with Crippen LogP contribution in [0.5, 0.6) is 0 Å². The molecule has 164 valence electrons. The van der Waals surface area contributed by atoms with E-state index in [0.717, 1.165) is 27.6 Å². The topological polar surface area (TPSA) is 95.5 Å². The molecule has 0 bridgehead atoms. The summed E-state index contributed by atoms with van der Waals surface area (Å²) in [7, 11) is 0. The number of carboxylic acids is 1. The summed E-state index contributed by atoms with van der Waals surface area (Å²) in [5, 5.41) is 17.0. The van der Waals surface area contributed by atoms with Crippen LogP contribution in [0, 0.1) is 25.7 Å². The third-order valence-electron chi connectivity index (χ3n) is 6.29. The van der Waals surface area contributed by atoms with Crippen LogP contribution >= 0.6 is 0 Å². The number of Topliss-reactive ketones (excluding diaryl/α,β-unsaturated/α-hetero) is 1. The molecule has 32 heavy (non-hydrogen) atoms. The zero-order valence-corrected chi connectivity index (χ0v) is 18.1. The second kappa shape index (κ2) is 8.83. The van der Waals surface area contributed by atoms with Crippen LogP contribution < -0.4 is 10.6 Å². The molecule has 3 aromatic rings. The summed E-state index contributed by atoms with van der Waals surface area (Å²) in [5.74, 6) is -2.45. The highest BCUT2D eigenvalue weighted by Gasteiger charge is 2.38. The molecular weight excluding hydrogens is 404 g/mol. The van der Waals surface area contributed by atoms with Gasteiger partial charge in [-0.3, -0.25) is 9.59 Å². The van der Waals surface area contributed by atoms with E-state index in [1.54, 1.807) is 12.1 Å². The highest BCUT2D eigenvalue weighted by Crippen LogP contribution is 2.37. The van der Waals surface area contributed by atoms with Crippen molar-refractivity contribution in [1.82, 2.24) is 0 Å². The summed E-state index contributed by atoms with van der Waals surface area (Å²) in [4.78, 5) is 38.0. The van der Waals surface area contributed by atoms with E-state index in [1.807, 2.05) is 56.3 Å². The lowest BCUT2D eigenvalue weighted by Crippen LogP contribution is -2.27. The van der Waals surface area contributed by atoms with Gasteiger partial charge in [0.15, 0.2) is 5.78 Å². The highest BCUT2D eigenvalue weighted by molar-refractivity contribution is 6.12. The van der Waals surface area contributed by atoms with Gasteiger partial charge in [0.1, 0.15) is 0 Å². The Morgan fingerprint density at radius 1 is 0.844 bits per heavy atom. The fraction of sp³-hybridized carbons (Fsp3) is 0.269. The van der Waals surface area contributed by atoms with E-state index in [9.17, 15) is 19.5 Å². The third kappa shape index (κ3) is 4.21. The molecule has 1 aliphatic carbocycles. The Morgan fingerprint density at radius 2 is 1.47 bits per heavy atom. The number of aliphatic carboxylic acids is 1. The average Bonchev–Trinajstić information content (AvgIpc) is 3.26. The molecule has 1 unspecified atom stereocenters. The number of rotatable bonds is 5. The average molecular weight is 431 g/mol. The molecule has 0 saturated heterocycles. The fourth-order valence-corrected chi connectivity index (χ4v) is 4.60.